The van der Waals surface area contributed by atoms with Crippen LogP contribution < -0.4 is 10.1 Å². The Morgan fingerprint density at radius 3 is 2.60 bits per heavy atom. The molecule has 1 atom stereocenters. The van der Waals surface area contributed by atoms with E-state index in [0.717, 1.165) is 12.1 Å². The zero-order valence-electron chi connectivity index (χ0n) is 19.1. The second-order valence-corrected chi connectivity index (χ2v) is 8.24. The lowest BCUT2D eigenvalue weighted by Crippen LogP contribution is -2.47. The van der Waals surface area contributed by atoms with Crippen LogP contribution in [0.1, 0.15) is 39.9 Å². The maximum atomic E-state index is 14.0. The van der Waals surface area contributed by atoms with Crippen molar-refractivity contribution in [3.8, 4) is 5.75 Å². The van der Waals surface area contributed by atoms with Crippen LogP contribution in [0.25, 0.3) is 5.65 Å². The molecule has 0 spiro atoms. The third kappa shape index (κ3) is 4.71. The second kappa shape index (κ2) is 9.77. The molecule has 3 N–H and O–H groups in total. The lowest BCUT2D eigenvalue weighted by atomic mass is 9.92. The Hall–Kier alpha value is -3.89. The van der Waals surface area contributed by atoms with Gasteiger partial charge in [0.25, 0.3) is 5.91 Å². The number of benzene rings is 1. The monoisotopic (exact) mass is 482 g/mol. The summed E-state index contributed by atoms with van der Waals surface area (Å²) in [5, 5.41) is 22.3. The quantitative estimate of drug-likeness (QED) is 0.356. The Morgan fingerprint density at radius 2 is 1.91 bits per heavy atom. The summed E-state index contributed by atoms with van der Waals surface area (Å²) in [5.41, 5.74) is 0.473. The number of aromatic nitrogens is 3. The molecule has 0 saturated heterocycles. The van der Waals surface area contributed by atoms with Gasteiger partial charge in [0.2, 0.25) is 0 Å². The van der Waals surface area contributed by atoms with Gasteiger partial charge in [-0.3, -0.25) is 14.2 Å². The molecule has 0 saturated carbocycles. The number of pyridine rings is 2. The van der Waals surface area contributed by atoms with Crippen LogP contribution in [0.3, 0.4) is 0 Å². The largest absolute Gasteiger partial charge is 0.485 e. The number of fused-ring (bicyclic) bond motifs is 1. The van der Waals surface area contributed by atoms with Crippen LogP contribution in [0.2, 0.25) is 0 Å². The first-order chi connectivity index (χ1) is 16.8. The van der Waals surface area contributed by atoms with Gasteiger partial charge < -0.3 is 20.3 Å². The van der Waals surface area contributed by atoms with Gasteiger partial charge in [-0.15, -0.1) is 0 Å². The lowest BCUT2D eigenvalue weighted by molar-refractivity contribution is 0.0842. The molecular formula is C25H24F2N4O4. The van der Waals surface area contributed by atoms with E-state index in [1.165, 1.54) is 16.7 Å². The van der Waals surface area contributed by atoms with Gasteiger partial charge in [0.1, 0.15) is 23.9 Å². The summed E-state index contributed by atoms with van der Waals surface area (Å²) in [6.07, 6.45) is 3.11. The molecule has 0 aliphatic carbocycles. The smallest absolute Gasteiger partial charge is 0.270 e. The molecule has 0 bridgehead atoms. The van der Waals surface area contributed by atoms with E-state index in [0.29, 0.717) is 22.6 Å². The number of carbonyl (C=O) groups is 1. The van der Waals surface area contributed by atoms with E-state index in [2.05, 4.69) is 15.3 Å². The lowest BCUT2D eigenvalue weighted by Gasteiger charge is -2.29. The maximum Gasteiger partial charge on any atom is 0.270 e. The molecule has 0 aliphatic heterocycles. The van der Waals surface area contributed by atoms with Gasteiger partial charge in [-0.25, -0.2) is 13.8 Å². The minimum absolute atomic E-state index is 0.207. The third-order valence-corrected chi connectivity index (χ3v) is 5.76. The first kappa shape index (κ1) is 24.2. The van der Waals surface area contributed by atoms with Crippen molar-refractivity contribution in [1.82, 2.24) is 19.7 Å². The Balaban J connectivity index is 1.64. The number of hydrogen-bond acceptors (Lipinski definition) is 6. The van der Waals surface area contributed by atoms with Crippen molar-refractivity contribution in [3.63, 3.8) is 0 Å². The van der Waals surface area contributed by atoms with Crippen molar-refractivity contribution in [2.24, 2.45) is 0 Å². The molecule has 0 radical (unpaired) electrons. The van der Waals surface area contributed by atoms with Crippen LogP contribution in [0.15, 0.2) is 54.9 Å². The molecule has 8 nitrogen and oxygen atoms in total. The van der Waals surface area contributed by atoms with Crippen LogP contribution in [-0.4, -0.2) is 37.1 Å². The molecule has 10 heteroatoms. The van der Waals surface area contributed by atoms with Gasteiger partial charge in [0.15, 0.2) is 11.4 Å². The van der Waals surface area contributed by atoms with E-state index in [9.17, 15) is 23.8 Å². The van der Waals surface area contributed by atoms with E-state index in [4.69, 9.17) is 4.74 Å². The van der Waals surface area contributed by atoms with Crippen molar-refractivity contribution < 1.29 is 28.5 Å². The Kier molecular flexibility index (Phi) is 6.77. The molecule has 3 heterocycles. The summed E-state index contributed by atoms with van der Waals surface area (Å²) in [4.78, 5) is 21.8. The molecule has 4 rings (SSSR count). The van der Waals surface area contributed by atoms with Crippen LogP contribution in [0.5, 0.6) is 5.75 Å². The molecule has 1 amide bonds. The van der Waals surface area contributed by atoms with Gasteiger partial charge in [0.05, 0.1) is 35.7 Å². The van der Waals surface area contributed by atoms with Gasteiger partial charge in [0, 0.05) is 12.4 Å². The zero-order valence-corrected chi connectivity index (χ0v) is 19.1. The number of hydrogen-bond donors (Lipinski definition) is 3. The Morgan fingerprint density at radius 1 is 1.17 bits per heavy atom. The predicted molar refractivity (Wildman–Crippen MR) is 123 cm³/mol. The summed E-state index contributed by atoms with van der Waals surface area (Å²) in [7, 11) is 0. The minimum atomic E-state index is -1.17. The molecule has 4 aromatic rings. The van der Waals surface area contributed by atoms with Gasteiger partial charge >= 0.3 is 0 Å². The first-order valence-corrected chi connectivity index (χ1v) is 10.8. The molecular weight excluding hydrogens is 458 g/mol. The highest BCUT2D eigenvalue weighted by molar-refractivity contribution is 5.95. The highest BCUT2D eigenvalue weighted by Crippen LogP contribution is 2.26. The van der Waals surface area contributed by atoms with Crippen LogP contribution in [-0.2, 0) is 18.8 Å². The predicted octanol–water partition coefficient (Wildman–Crippen LogP) is 3.02. The average molecular weight is 482 g/mol. The van der Waals surface area contributed by atoms with Gasteiger partial charge in [-0.05, 0) is 55.8 Å². The van der Waals surface area contributed by atoms with E-state index < -0.39 is 29.7 Å². The van der Waals surface area contributed by atoms with Gasteiger partial charge in [-0.2, -0.15) is 0 Å². The normalized spacial score (nSPS) is 13.0. The van der Waals surface area contributed by atoms with Crippen LogP contribution in [0, 0.1) is 18.6 Å². The number of amides is 1. The Bertz CT molecular complexity index is 1370. The van der Waals surface area contributed by atoms with Crippen molar-refractivity contribution in [1.29, 1.82) is 0 Å². The summed E-state index contributed by atoms with van der Waals surface area (Å²) in [6, 6.07) is 10.0. The number of carbonyl (C=O) groups excluding carboxylic acids is 1. The molecule has 3 aromatic heterocycles. The molecule has 0 aliphatic rings. The number of nitrogens with one attached hydrogen (secondary N) is 1. The number of ether oxygens (including phenoxy) is 1. The van der Waals surface area contributed by atoms with Crippen molar-refractivity contribution in [2.45, 2.75) is 32.6 Å². The van der Waals surface area contributed by atoms with E-state index in [-0.39, 0.29) is 30.2 Å². The fraction of sp³-hybridized carbons (Fsp3) is 0.240. The summed E-state index contributed by atoms with van der Waals surface area (Å²) >= 11 is 0. The van der Waals surface area contributed by atoms with Crippen molar-refractivity contribution >= 4 is 11.6 Å². The fourth-order valence-corrected chi connectivity index (χ4v) is 3.78. The standard InChI is InChI=1S/C25H24F2N4O4/c1-15-22(24(34)30-25(2,14-33)16-8-9-28-17(11-16)12-32)31-10-4-7-21(23(31)29-15)35-13-18-19(26)5-3-6-20(18)27/h3-11,32-33H,12-14H2,1-2H3,(H,30,34). The van der Waals surface area contributed by atoms with Gasteiger partial charge in [-0.1, -0.05) is 6.07 Å². The molecule has 182 valence electrons. The zero-order chi connectivity index (χ0) is 25.2. The van der Waals surface area contributed by atoms with E-state index in [1.54, 1.807) is 44.3 Å². The van der Waals surface area contributed by atoms with Crippen molar-refractivity contribution in [2.75, 3.05) is 6.61 Å². The molecule has 0 fully saturated rings. The number of nitrogens with zero attached hydrogens (tertiary/aromatic N) is 3. The molecule has 1 unspecified atom stereocenters. The average Bonchev–Trinajstić information content (AvgIpc) is 3.20. The number of rotatable bonds is 8. The number of aryl methyl sites for hydroxylation is 1. The highest BCUT2D eigenvalue weighted by Gasteiger charge is 2.31. The number of halogens is 2. The molecule has 1 aromatic carbocycles. The Labute approximate surface area is 199 Å². The maximum absolute atomic E-state index is 14.0. The van der Waals surface area contributed by atoms with Crippen molar-refractivity contribution in [3.05, 3.63) is 94.7 Å². The van der Waals surface area contributed by atoms with Crippen LogP contribution in [0.4, 0.5) is 8.78 Å². The summed E-state index contributed by atoms with van der Waals surface area (Å²) < 4.78 is 35.2. The summed E-state index contributed by atoms with van der Waals surface area (Å²) in [6.45, 7) is 2.25. The number of imidazole rings is 1. The minimum Gasteiger partial charge on any atom is -0.485 e. The molecule has 35 heavy (non-hydrogen) atoms. The third-order valence-electron chi connectivity index (χ3n) is 5.76. The fourth-order valence-electron chi connectivity index (χ4n) is 3.78. The van der Waals surface area contributed by atoms with E-state index >= 15 is 0 Å². The summed E-state index contributed by atoms with van der Waals surface area (Å²) in [5.74, 6) is -1.71. The SMILES string of the molecule is Cc1nc2c(OCc3c(F)cccc3F)cccn2c1C(=O)NC(C)(CO)c1ccnc(CO)c1. The highest BCUT2D eigenvalue weighted by atomic mass is 19.1. The number of aliphatic hydroxyl groups is 2. The van der Waals surface area contributed by atoms with Crippen LogP contribution >= 0.6 is 0 Å². The first-order valence-electron chi connectivity index (χ1n) is 10.8. The number of aliphatic hydroxyl groups excluding tert-OH is 2. The topological polar surface area (TPSA) is 109 Å². The van der Waals surface area contributed by atoms with E-state index in [1.807, 2.05) is 0 Å². The second-order valence-electron chi connectivity index (χ2n) is 8.24.